The van der Waals surface area contributed by atoms with Gasteiger partial charge in [-0.15, -0.1) is 0 Å². The van der Waals surface area contributed by atoms with Crippen molar-refractivity contribution < 1.29 is 4.79 Å². The van der Waals surface area contributed by atoms with Crippen LogP contribution in [0, 0.1) is 0 Å². The molecule has 1 aromatic heterocycles. The maximum absolute atomic E-state index is 12.9. The van der Waals surface area contributed by atoms with E-state index in [-0.39, 0.29) is 12.1 Å². The second-order valence-corrected chi connectivity index (χ2v) is 7.45. The summed E-state index contributed by atoms with van der Waals surface area (Å²) >= 11 is 12.1. The molecule has 2 aromatic carbocycles. The zero-order chi connectivity index (χ0) is 19.0. The van der Waals surface area contributed by atoms with E-state index in [1.165, 1.54) is 0 Å². The molecule has 140 valence electrons. The Morgan fingerprint density at radius 2 is 2.07 bits per heavy atom. The van der Waals surface area contributed by atoms with Gasteiger partial charge in [0.2, 0.25) is 0 Å². The van der Waals surface area contributed by atoms with Crippen LogP contribution in [0.25, 0.3) is 11.0 Å². The monoisotopic (exact) mass is 402 g/mol. The lowest BCUT2D eigenvalue weighted by atomic mass is 10.2. The first kappa shape index (κ1) is 18.1. The van der Waals surface area contributed by atoms with Gasteiger partial charge in [0, 0.05) is 18.1 Å². The zero-order valence-electron chi connectivity index (χ0n) is 15.0. The fourth-order valence-corrected chi connectivity index (χ4v) is 4.19. The maximum Gasteiger partial charge on any atom is 0.322 e. The van der Waals surface area contributed by atoms with Crippen LogP contribution in [0.4, 0.5) is 10.5 Å². The molecule has 0 bridgehead atoms. The third-order valence-electron chi connectivity index (χ3n) is 4.98. The van der Waals surface area contributed by atoms with Crippen molar-refractivity contribution >= 4 is 46.0 Å². The summed E-state index contributed by atoms with van der Waals surface area (Å²) in [6.07, 6.45) is 1.84. The highest BCUT2D eigenvalue weighted by Gasteiger charge is 2.33. The molecular weight excluding hydrogens is 383 g/mol. The first-order chi connectivity index (χ1) is 13.1. The van der Waals surface area contributed by atoms with Gasteiger partial charge in [-0.05, 0) is 50.1 Å². The number of likely N-dealkylation sites (tertiary alicyclic amines) is 1. The van der Waals surface area contributed by atoms with Crippen LogP contribution in [0.1, 0.15) is 31.6 Å². The van der Waals surface area contributed by atoms with Crippen LogP contribution >= 0.6 is 23.2 Å². The summed E-state index contributed by atoms with van der Waals surface area (Å²) in [5.74, 6) is 0.938. The van der Waals surface area contributed by atoms with Gasteiger partial charge in [0.15, 0.2) is 0 Å². The first-order valence-electron chi connectivity index (χ1n) is 9.06. The summed E-state index contributed by atoms with van der Waals surface area (Å²) in [6.45, 7) is 3.60. The van der Waals surface area contributed by atoms with Crippen molar-refractivity contribution in [2.45, 2.75) is 32.4 Å². The van der Waals surface area contributed by atoms with Crippen molar-refractivity contribution in [3.05, 3.63) is 58.3 Å². The summed E-state index contributed by atoms with van der Waals surface area (Å²) < 4.78 is 2.20. The molecule has 27 heavy (non-hydrogen) atoms. The van der Waals surface area contributed by atoms with Gasteiger partial charge in [-0.1, -0.05) is 35.3 Å². The standard InChI is InChI=1S/C20H20Cl2N4O/c1-2-25-17-7-4-3-6-16(17)23-19(25)18-8-5-11-26(18)20(27)24-15-10-9-13(21)12-14(15)22/h3-4,6-7,9-10,12,18H,2,5,8,11H2,1H3,(H,24,27). The highest BCUT2D eigenvalue weighted by atomic mass is 35.5. The summed E-state index contributed by atoms with van der Waals surface area (Å²) in [7, 11) is 0. The van der Waals surface area contributed by atoms with E-state index in [1.807, 2.05) is 23.1 Å². The van der Waals surface area contributed by atoms with Gasteiger partial charge in [-0.3, -0.25) is 0 Å². The fourth-order valence-electron chi connectivity index (χ4n) is 3.74. The molecule has 1 N–H and O–H groups in total. The van der Waals surface area contributed by atoms with Crippen LogP contribution in [0.2, 0.25) is 10.0 Å². The Morgan fingerprint density at radius 1 is 1.26 bits per heavy atom. The summed E-state index contributed by atoms with van der Waals surface area (Å²) in [6, 6.07) is 12.9. The smallest absolute Gasteiger partial charge is 0.322 e. The maximum atomic E-state index is 12.9. The van der Waals surface area contributed by atoms with Crippen molar-refractivity contribution in [1.82, 2.24) is 14.5 Å². The van der Waals surface area contributed by atoms with Gasteiger partial charge in [-0.2, -0.15) is 0 Å². The molecule has 0 saturated carbocycles. The molecule has 0 radical (unpaired) electrons. The number of benzene rings is 2. The van der Waals surface area contributed by atoms with Gasteiger partial charge in [-0.25, -0.2) is 9.78 Å². The second-order valence-electron chi connectivity index (χ2n) is 6.61. The highest BCUT2D eigenvalue weighted by molar-refractivity contribution is 6.36. The Labute approximate surface area is 167 Å². The number of anilines is 1. The molecule has 1 fully saturated rings. The fraction of sp³-hybridized carbons (Fsp3) is 0.300. The Bertz CT molecular complexity index is 1000. The van der Waals surface area contributed by atoms with Crippen molar-refractivity contribution in [1.29, 1.82) is 0 Å². The summed E-state index contributed by atoms with van der Waals surface area (Å²) in [5, 5.41) is 3.87. The SMILES string of the molecule is CCn1c(C2CCCN2C(=O)Nc2ccc(Cl)cc2Cl)nc2ccccc21. The Morgan fingerprint density at radius 3 is 2.85 bits per heavy atom. The number of hydrogen-bond donors (Lipinski definition) is 1. The third kappa shape index (κ3) is 3.37. The van der Waals surface area contributed by atoms with Crippen LogP contribution in [0.15, 0.2) is 42.5 Å². The number of carbonyl (C=O) groups is 1. The van der Waals surface area contributed by atoms with Crippen LogP contribution in [0.5, 0.6) is 0 Å². The average Bonchev–Trinajstić information content (AvgIpc) is 3.27. The van der Waals surface area contributed by atoms with Gasteiger partial charge in [0.05, 0.1) is 27.8 Å². The summed E-state index contributed by atoms with van der Waals surface area (Å²) in [4.78, 5) is 19.6. The number of urea groups is 1. The van der Waals surface area contributed by atoms with Crippen molar-refractivity contribution in [3.63, 3.8) is 0 Å². The van der Waals surface area contributed by atoms with Gasteiger partial charge in [0.1, 0.15) is 5.82 Å². The number of amides is 2. The number of halogens is 2. The van der Waals surface area contributed by atoms with E-state index in [4.69, 9.17) is 28.2 Å². The minimum absolute atomic E-state index is 0.0524. The van der Waals surface area contributed by atoms with Crippen molar-refractivity contribution in [2.24, 2.45) is 0 Å². The predicted molar refractivity (Wildman–Crippen MR) is 110 cm³/mol. The number of hydrogen-bond acceptors (Lipinski definition) is 2. The van der Waals surface area contributed by atoms with Crippen LogP contribution in [-0.4, -0.2) is 27.0 Å². The van der Waals surface area contributed by atoms with Crippen LogP contribution in [-0.2, 0) is 6.54 Å². The summed E-state index contributed by atoms with van der Waals surface area (Å²) in [5.41, 5.74) is 2.62. The molecule has 7 heteroatoms. The van der Waals surface area contributed by atoms with Crippen LogP contribution < -0.4 is 5.32 Å². The number of nitrogens with one attached hydrogen (secondary N) is 1. The van der Waals surface area contributed by atoms with E-state index in [0.29, 0.717) is 22.3 Å². The molecular formula is C20H20Cl2N4O. The van der Waals surface area contributed by atoms with E-state index in [2.05, 4.69) is 22.9 Å². The van der Waals surface area contributed by atoms with E-state index in [1.54, 1.807) is 18.2 Å². The quantitative estimate of drug-likeness (QED) is 0.607. The molecule has 4 rings (SSSR count). The third-order valence-corrected chi connectivity index (χ3v) is 5.53. The molecule has 1 aliphatic heterocycles. The second kappa shape index (κ2) is 7.41. The topological polar surface area (TPSA) is 50.2 Å². The Kier molecular flexibility index (Phi) is 4.98. The molecule has 1 atom stereocenters. The minimum Gasteiger partial charge on any atom is -0.327 e. The molecule has 2 amide bonds. The van der Waals surface area contributed by atoms with Gasteiger partial charge in [0.25, 0.3) is 0 Å². The number of para-hydroxylation sites is 2. The van der Waals surface area contributed by atoms with E-state index >= 15 is 0 Å². The van der Waals surface area contributed by atoms with Gasteiger partial charge >= 0.3 is 6.03 Å². The Balaban J connectivity index is 1.63. The molecule has 2 heterocycles. The predicted octanol–water partition coefficient (Wildman–Crippen LogP) is 5.73. The molecule has 1 aliphatic rings. The van der Waals surface area contributed by atoms with Crippen molar-refractivity contribution in [2.75, 3.05) is 11.9 Å². The highest BCUT2D eigenvalue weighted by Crippen LogP contribution is 2.34. The number of aromatic nitrogens is 2. The number of nitrogens with zero attached hydrogens (tertiary/aromatic N) is 3. The van der Waals surface area contributed by atoms with Crippen LogP contribution in [0.3, 0.4) is 0 Å². The molecule has 3 aromatic rings. The molecule has 0 spiro atoms. The Hall–Kier alpha value is -2.24. The average molecular weight is 403 g/mol. The lowest BCUT2D eigenvalue weighted by Gasteiger charge is -2.25. The molecule has 0 aliphatic carbocycles. The number of imidazole rings is 1. The minimum atomic E-state index is -0.170. The molecule has 1 unspecified atom stereocenters. The lowest BCUT2D eigenvalue weighted by Crippen LogP contribution is -2.35. The van der Waals surface area contributed by atoms with E-state index in [9.17, 15) is 4.79 Å². The number of carbonyl (C=O) groups excluding carboxylic acids is 1. The van der Waals surface area contributed by atoms with Crippen molar-refractivity contribution in [3.8, 4) is 0 Å². The molecule has 1 saturated heterocycles. The van der Waals surface area contributed by atoms with E-state index in [0.717, 1.165) is 36.2 Å². The zero-order valence-corrected chi connectivity index (χ0v) is 16.5. The first-order valence-corrected chi connectivity index (χ1v) is 9.82. The largest absolute Gasteiger partial charge is 0.327 e. The lowest BCUT2D eigenvalue weighted by molar-refractivity contribution is 0.204. The number of aryl methyl sites for hydroxylation is 1. The van der Waals surface area contributed by atoms with E-state index < -0.39 is 0 Å². The number of rotatable bonds is 3. The number of fused-ring (bicyclic) bond motifs is 1. The molecule has 5 nitrogen and oxygen atoms in total. The normalized spacial score (nSPS) is 16.9. The van der Waals surface area contributed by atoms with Gasteiger partial charge < -0.3 is 14.8 Å².